The number of ether oxygens (including phenoxy) is 2. The number of carbonyl (C=O) groups is 3. The van der Waals surface area contributed by atoms with Crippen molar-refractivity contribution in [1.82, 2.24) is 10.2 Å². The van der Waals surface area contributed by atoms with Crippen molar-refractivity contribution >= 4 is 17.6 Å². The first-order chi connectivity index (χ1) is 15.1. The van der Waals surface area contributed by atoms with Gasteiger partial charge in [0, 0.05) is 43.3 Å². The molecule has 2 amide bonds. The van der Waals surface area contributed by atoms with Gasteiger partial charge in [-0.2, -0.15) is 0 Å². The summed E-state index contributed by atoms with van der Waals surface area (Å²) in [5, 5.41) is 3.07. The molecule has 0 aromatic carbocycles. The monoisotopic (exact) mass is 454 g/mol. The van der Waals surface area contributed by atoms with E-state index in [4.69, 9.17) is 9.47 Å². The standard InChI is InChI=1S/C25H46N2O5/c1-18(2)17-24(29)27(20(5)6)12-14-32-16-15-31-13-11-23(28)26-22-9-7-21(8-10-22)25(30)19(3)4/h18-22H,7-17H2,1-6H3,(H,26,28). The van der Waals surface area contributed by atoms with Gasteiger partial charge in [-0.15, -0.1) is 0 Å². The van der Waals surface area contributed by atoms with Crippen LogP contribution in [-0.2, 0) is 23.9 Å². The number of ketones is 1. The summed E-state index contributed by atoms with van der Waals surface area (Å²) >= 11 is 0. The first kappa shape index (κ1) is 28.6. The first-order valence-corrected chi connectivity index (χ1v) is 12.4. The summed E-state index contributed by atoms with van der Waals surface area (Å²) in [6.07, 6.45) is 4.37. The van der Waals surface area contributed by atoms with E-state index < -0.39 is 0 Å². The maximum atomic E-state index is 12.3. The molecule has 0 aliphatic heterocycles. The third kappa shape index (κ3) is 11.4. The Morgan fingerprint density at radius 2 is 1.47 bits per heavy atom. The molecule has 7 heteroatoms. The zero-order valence-corrected chi connectivity index (χ0v) is 21.2. The molecule has 0 aromatic heterocycles. The molecule has 0 radical (unpaired) electrons. The molecule has 0 unspecified atom stereocenters. The van der Waals surface area contributed by atoms with Crippen LogP contribution in [0.5, 0.6) is 0 Å². The molecule has 1 saturated carbocycles. The van der Waals surface area contributed by atoms with Gasteiger partial charge in [0.1, 0.15) is 5.78 Å². The van der Waals surface area contributed by atoms with Gasteiger partial charge in [-0.1, -0.05) is 27.7 Å². The van der Waals surface area contributed by atoms with E-state index in [9.17, 15) is 14.4 Å². The zero-order chi connectivity index (χ0) is 24.1. The molecular formula is C25H46N2O5. The lowest BCUT2D eigenvalue weighted by Gasteiger charge is -2.29. The van der Waals surface area contributed by atoms with E-state index >= 15 is 0 Å². The summed E-state index contributed by atoms with van der Waals surface area (Å²) in [6, 6.07) is 0.328. The third-order valence-corrected chi connectivity index (χ3v) is 5.91. The number of nitrogens with one attached hydrogen (secondary N) is 1. The predicted octanol–water partition coefficient (Wildman–Crippen LogP) is 3.59. The van der Waals surface area contributed by atoms with Gasteiger partial charge in [0.2, 0.25) is 11.8 Å². The molecule has 1 aliphatic rings. The van der Waals surface area contributed by atoms with E-state index in [1.807, 2.05) is 46.4 Å². The second kappa shape index (κ2) is 15.4. The minimum atomic E-state index is 0.000736. The number of nitrogens with zero attached hydrogens (tertiary/aromatic N) is 1. The number of hydrogen-bond donors (Lipinski definition) is 1. The molecule has 32 heavy (non-hydrogen) atoms. The molecule has 0 heterocycles. The van der Waals surface area contributed by atoms with Gasteiger partial charge >= 0.3 is 0 Å². The summed E-state index contributed by atoms with van der Waals surface area (Å²) in [5.74, 6) is 1.12. The van der Waals surface area contributed by atoms with Gasteiger partial charge in [-0.3, -0.25) is 14.4 Å². The molecule has 1 rings (SSSR count). The Kier molecular flexibility index (Phi) is 13.7. The van der Waals surface area contributed by atoms with Crippen molar-refractivity contribution in [3.63, 3.8) is 0 Å². The zero-order valence-electron chi connectivity index (χ0n) is 21.2. The Morgan fingerprint density at radius 1 is 0.875 bits per heavy atom. The highest BCUT2D eigenvalue weighted by atomic mass is 16.5. The summed E-state index contributed by atoms with van der Waals surface area (Å²) in [6.45, 7) is 14.3. The van der Waals surface area contributed by atoms with Crippen LogP contribution in [0.25, 0.3) is 0 Å². The summed E-state index contributed by atoms with van der Waals surface area (Å²) in [4.78, 5) is 38.3. The van der Waals surface area contributed by atoms with Crippen molar-refractivity contribution in [3.8, 4) is 0 Å². The summed E-state index contributed by atoms with van der Waals surface area (Å²) < 4.78 is 11.1. The Bertz CT molecular complexity index is 569. The minimum Gasteiger partial charge on any atom is -0.379 e. The highest BCUT2D eigenvalue weighted by molar-refractivity contribution is 5.83. The van der Waals surface area contributed by atoms with Gasteiger partial charge in [-0.05, 0) is 45.4 Å². The van der Waals surface area contributed by atoms with E-state index in [1.165, 1.54) is 0 Å². The number of amides is 2. The number of hydrogen-bond acceptors (Lipinski definition) is 5. The van der Waals surface area contributed by atoms with Crippen molar-refractivity contribution in [2.45, 2.75) is 92.2 Å². The van der Waals surface area contributed by atoms with Gasteiger partial charge in [0.05, 0.1) is 26.4 Å². The average molecular weight is 455 g/mol. The van der Waals surface area contributed by atoms with E-state index in [-0.39, 0.29) is 35.7 Å². The van der Waals surface area contributed by atoms with E-state index in [2.05, 4.69) is 5.32 Å². The average Bonchev–Trinajstić information content (AvgIpc) is 2.71. The maximum absolute atomic E-state index is 12.3. The third-order valence-electron chi connectivity index (χ3n) is 5.91. The van der Waals surface area contributed by atoms with Crippen molar-refractivity contribution < 1.29 is 23.9 Å². The molecule has 0 atom stereocenters. The SMILES string of the molecule is CC(C)CC(=O)N(CCOCCOCCC(=O)NC1CCC(C(=O)C(C)C)CC1)C(C)C. The number of Topliss-reactive ketones (excluding diaryl/α,β-unsaturated/α-hetero) is 1. The highest BCUT2D eigenvalue weighted by Crippen LogP contribution is 2.27. The second-order valence-corrected chi connectivity index (χ2v) is 9.93. The van der Waals surface area contributed by atoms with E-state index in [0.717, 1.165) is 25.7 Å². The molecular weight excluding hydrogens is 408 g/mol. The fraction of sp³-hybridized carbons (Fsp3) is 0.880. The number of rotatable bonds is 15. The van der Waals surface area contributed by atoms with Crippen LogP contribution >= 0.6 is 0 Å². The Balaban J connectivity index is 2.08. The predicted molar refractivity (Wildman–Crippen MR) is 126 cm³/mol. The Morgan fingerprint density at radius 3 is 2.00 bits per heavy atom. The van der Waals surface area contributed by atoms with Gasteiger partial charge in [-0.25, -0.2) is 0 Å². The van der Waals surface area contributed by atoms with Crippen LogP contribution in [0.3, 0.4) is 0 Å². The lowest BCUT2D eigenvalue weighted by atomic mass is 9.80. The van der Waals surface area contributed by atoms with Crippen LogP contribution in [0, 0.1) is 17.8 Å². The smallest absolute Gasteiger partial charge is 0.223 e. The topological polar surface area (TPSA) is 84.9 Å². The second-order valence-electron chi connectivity index (χ2n) is 9.93. The van der Waals surface area contributed by atoms with Crippen LogP contribution < -0.4 is 5.32 Å². The summed E-state index contributed by atoms with van der Waals surface area (Å²) in [7, 11) is 0. The molecule has 186 valence electrons. The Labute approximate surface area is 195 Å². The molecule has 0 aromatic rings. The maximum Gasteiger partial charge on any atom is 0.223 e. The molecule has 0 saturated heterocycles. The van der Waals surface area contributed by atoms with Crippen LogP contribution in [-0.4, -0.2) is 67.6 Å². The van der Waals surface area contributed by atoms with Crippen LogP contribution in [0.4, 0.5) is 0 Å². The first-order valence-electron chi connectivity index (χ1n) is 12.4. The van der Waals surface area contributed by atoms with Crippen molar-refractivity contribution in [2.75, 3.05) is 33.0 Å². The number of carbonyl (C=O) groups excluding carboxylic acids is 3. The lowest BCUT2D eigenvalue weighted by molar-refractivity contribution is -0.134. The van der Waals surface area contributed by atoms with Crippen LogP contribution in [0.1, 0.15) is 80.1 Å². The molecule has 1 aliphatic carbocycles. The van der Waals surface area contributed by atoms with Gasteiger partial charge in [0.25, 0.3) is 0 Å². The molecule has 0 bridgehead atoms. The van der Waals surface area contributed by atoms with Crippen LogP contribution in [0.2, 0.25) is 0 Å². The molecule has 1 fully saturated rings. The highest BCUT2D eigenvalue weighted by Gasteiger charge is 2.28. The lowest BCUT2D eigenvalue weighted by Crippen LogP contribution is -2.40. The van der Waals surface area contributed by atoms with Gasteiger partial charge < -0.3 is 19.7 Å². The fourth-order valence-electron chi connectivity index (χ4n) is 4.08. The quantitative estimate of drug-likeness (QED) is 0.382. The molecule has 1 N–H and O–H groups in total. The van der Waals surface area contributed by atoms with Crippen molar-refractivity contribution in [3.05, 3.63) is 0 Å². The van der Waals surface area contributed by atoms with E-state index in [0.29, 0.717) is 57.5 Å². The normalized spacial score (nSPS) is 18.9. The fourth-order valence-corrected chi connectivity index (χ4v) is 4.08. The van der Waals surface area contributed by atoms with Gasteiger partial charge in [0.15, 0.2) is 0 Å². The molecule has 7 nitrogen and oxygen atoms in total. The Hall–Kier alpha value is -1.47. The summed E-state index contributed by atoms with van der Waals surface area (Å²) in [5.41, 5.74) is 0. The molecule has 0 spiro atoms. The minimum absolute atomic E-state index is 0.000736. The largest absolute Gasteiger partial charge is 0.379 e. The van der Waals surface area contributed by atoms with Crippen LogP contribution in [0.15, 0.2) is 0 Å². The van der Waals surface area contributed by atoms with Crippen molar-refractivity contribution in [2.24, 2.45) is 17.8 Å². The van der Waals surface area contributed by atoms with E-state index in [1.54, 1.807) is 0 Å². The van der Waals surface area contributed by atoms with Crippen molar-refractivity contribution in [1.29, 1.82) is 0 Å².